The molecule has 0 bridgehead atoms. The number of primary amides is 1. The second kappa shape index (κ2) is 3.81. The van der Waals surface area contributed by atoms with E-state index in [4.69, 9.17) is 16.6 Å². The number of amides is 1. The summed E-state index contributed by atoms with van der Waals surface area (Å²) in [4.78, 5) is 10.4. The Bertz CT molecular complexity index is 175. The fraction of sp³-hybridized carbons (Fsp3) is 0.833. The number of carbonyl (C=O) groups excluding carboxylic acids is 1. The van der Waals surface area contributed by atoms with E-state index >= 15 is 0 Å². The van der Waals surface area contributed by atoms with Gasteiger partial charge >= 0.3 is 0 Å². The van der Waals surface area contributed by atoms with Crippen LogP contribution in [0, 0.1) is 0 Å². The van der Waals surface area contributed by atoms with E-state index in [2.05, 4.69) is 10.6 Å². The summed E-state index contributed by atoms with van der Waals surface area (Å²) in [6, 6.07) is 0. The molecule has 6 heteroatoms. The molecule has 70 valence electrons. The van der Waals surface area contributed by atoms with Gasteiger partial charge in [-0.1, -0.05) is 0 Å². The second-order valence-electron chi connectivity index (χ2n) is 2.83. The maximum Gasteiger partial charge on any atom is 0.246 e. The van der Waals surface area contributed by atoms with Gasteiger partial charge in [0.05, 0.1) is 12.3 Å². The highest BCUT2D eigenvalue weighted by atomic mass is 16.3. The van der Waals surface area contributed by atoms with Crippen molar-refractivity contribution in [3.63, 3.8) is 0 Å². The summed E-state index contributed by atoms with van der Waals surface area (Å²) in [5.74, 6) is -0.690. The molecule has 1 heterocycles. The molecule has 0 aromatic heterocycles. The molecule has 1 fully saturated rings. The van der Waals surface area contributed by atoms with Crippen LogP contribution in [0.2, 0.25) is 0 Å². The van der Waals surface area contributed by atoms with Gasteiger partial charge in [-0.05, 0) is 13.0 Å². The van der Waals surface area contributed by atoms with Crippen LogP contribution in [-0.4, -0.2) is 36.0 Å². The lowest BCUT2D eigenvalue weighted by atomic mass is 10.2. The van der Waals surface area contributed by atoms with Crippen molar-refractivity contribution in [3.8, 4) is 0 Å². The first-order chi connectivity index (χ1) is 5.61. The van der Waals surface area contributed by atoms with Crippen LogP contribution in [0.5, 0.6) is 0 Å². The van der Waals surface area contributed by atoms with Gasteiger partial charge in [-0.15, -0.1) is 0 Å². The quantitative estimate of drug-likeness (QED) is 0.285. The normalized spacial score (nSPS) is 29.8. The molecule has 0 aromatic carbocycles. The van der Waals surface area contributed by atoms with E-state index < -0.39 is 12.0 Å². The number of hydrogen-bond donors (Lipinski definition) is 5. The van der Waals surface area contributed by atoms with Gasteiger partial charge in [-0.3, -0.25) is 15.4 Å². The van der Waals surface area contributed by atoms with Crippen molar-refractivity contribution >= 4 is 5.91 Å². The molecule has 2 unspecified atom stereocenters. The van der Waals surface area contributed by atoms with Gasteiger partial charge in [0.15, 0.2) is 0 Å². The fourth-order valence-corrected chi connectivity index (χ4v) is 0.855. The molecule has 12 heavy (non-hydrogen) atoms. The molecule has 0 radical (unpaired) electrons. The molecule has 0 saturated carbocycles. The van der Waals surface area contributed by atoms with Crippen LogP contribution >= 0.6 is 0 Å². The van der Waals surface area contributed by atoms with E-state index in [1.807, 2.05) is 0 Å². The molecule has 1 aliphatic rings. The average Bonchev–Trinajstić information content (AvgIpc) is 2.66. The third-order valence-electron chi connectivity index (χ3n) is 1.73. The smallest absolute Gasteiger partial charge is 0.246 e. The highest BCUT2D eigenvalue weighted by molar-refractivity contribution is 5.78. The predicted octanol–water partition coefficient (Wildman–Crippen LogP) is -2.97. The van der Waals surface area contributed by atoms with E-state index in [0.717, 1.165) is 0 Å². The zero-order valence-corrected chi connectivity index (χ0v) is 6.66. The second-order valence-corrected chi connectivity index (χ2v) is 2.83. The lowest BCUT2D eigenvalue weighted by Gasteiger charge is -2.05. The number of nitrogens with two attached hydrogens (primary N) is 2. The third kappa shape index (κ3) is 2.74. The van der Waals surface area contributed by atoms with E-state index in [-0.39, 0.29) is 12.3 Å². The van der Waals surface area contributed by atoms with E-state index in [9.17, 15) is 4.79 Å². The molecule has 0 aromatic rings. The number of aliphatic hydroxyl groups excluding tert-OH is 1. The summed E-state index contributed by atoms with van der Waals surface area (Å²) in [6.07, 6.45) is -0.631. The SMILES string of the molecule is NC(=O)[C@@H](O)CCNC1NC1N. The molecule has 1 saturated heterocycles. The number of hydrogen-bond acceptors (Lipinski definition) is 5. The van der Waals surface area contributed by atoms with Gasteiger partial charge in [0.1, 0.15) is 6.10 Å². The Kier molecular flexibility index (Phi) is 2.99. The van der Waals surface area contributed by atoms with Crippen molar-refractivity contribution in [1.82, 2.24) is 10.6 Å². The number of nitrogens with one attached hydrogen (secondary N) is 2. The Balaban J connectivity index is 1.98. The molecule has 3 atom stereocenters. The largest absolute Gasteiger partial charge is 0.383 e. The number of aliphatic hydroxyl groups is 1. The molecule has 1 rings (SSSR count). The van der Waals surface area contributed by atoms with Crippen LogP contribution in [0.25, 0.3) is 0 Å². The minimum atomic E-state index is -1.06. The summed E-state index contributed by atoms with van der Waals surface area (Å²) in [6.45, 7) is 0.523. The lowest BCUT2D eigenvalue weighted by molar-refractivity contribution is -0.126. The molecule has 7 N–H and O–H groups in total. The van der Waals surface area contributed by atoms with Gasteiger partial charge in [-0.25, -0.2) is 0 Å². The van der Waals surface area contributed by atoms with Gasteiger partial charge in [0.2, 0.25) is 5.91 Å². The van der Waals surface area contributed by atoms with Crippen molar-refractivity contribution in [3.05, 3.63) is 0 Å². The third-order valence-corrected chi connectivity index (χ3v) is 1.73. The fourth-order valence-electron chi connectivity index (χ4n) is 0.855. The van der Waals surface area contributed by atoms with Crippen LogP contribution in [-0.2, 0) is 4.79 Å². The van der Waals surface area contributed by atoms with Gasteiger partial charge < -0.3 is 16.6 Å². The Morgan fingerprint density at radius 3 is 2.75 bits per heavy atom. The van der Waals surface area contributed by atoms with E-state index in [1.54, 1.807) is 0 Å². The van der Waals surface area contributed by atoms with Crippen LogP contribution in [0.4, 0.5) is 0 Å². The molecule has 6 nitrogen and oxygen atoms in total. The summed E-state index contributed by atoms with van der Waals surface area (Å²) < 4.78 is 0. The maximum atomic E-state index is 10.4. The molecule has 1 aliphatic heterocycles. The highest BCUT2D eigenvalue weighted by Gasteiger charge is 2.31. The molecule has 0 spiro atoms. The van der Waals surface area contributed by atoms with Crippen molar-refractivity contribution in [2.45, 2.75) is 24.9 Å². The Morgan fingerprint density at radius 1 is 1.75 bits per heavy atom. The maximum absolute atomic E-state index is 10.4. The minimum Gasteiger partial charge on any atom is -0.383 e. The van der Waals surface area contributed by atoms with Crippen LogP contribution in [0.1, 0.15) is 6.42 Å². The highest BCUT2D eigenvalue weighted by Crippen LogP contribution is 1.99. The Labute approximate surface area is 70.3 Å². The molecule has 0 aliphatic carbocycles. The minimum absolute atomic E-state index is 0.00396. The van der Waals surface area contributed by atoms with Gasteiger partial charge in [0, 0.05) is 0 Å². The molecular formula is C6H14N4O2. The Hall–Kier alpha value is -0.690. The number of carbonyl (C=O) groups is 1. The molecular weight excluding hydrogens is 160 g/mol. The zero-order valence-electron chi connectivity index (χ0n) is 6.66. The first-order valence-corrected chi connectivity index (χ1v) is 3.83. The summed E-state index contributed by atoms with van der Waals surface area (Å²) in [7, 11) is 0. The van der Waals surface area contributed by atoms with Crippen LogP contribution < -0.4 is 22.1 Å². The Morgan fingerprint density at radius 2 is 2.33 bits per heavy atom. The van der Waals surface area contributed by atoms with E-state index in [0.29, 0.717) is 13.0 Å². The predicted molar refractivity (Wildman–Crippen MR) is 42.7 cm³/mol. The van der Waals surface area contributed by atoms with Gasteiger partial charge in [-0.2, -0.15) is 0 Å². The lowest BCUT2D eigenvalue weighted by Crippen LogP contribution is -2.33. The van der Waals surface area contributed by atoms with Crippen molar-refractivity contribution < 1.29 is 9.90 Å². The first kappa shape index (κ1) is 9.40. The van der Waals surface area contributed by atoms with Gasteiger partial charge in [0.25, 0.3) is 0 Å². The first-order valence-electron chi connectivity index (χ1n) is 3.83. The van der Waals surface area contributed by atoms with E-state index in [1.165, 1.54) is 0 Å². The van der Waals surface area contributed by atoms with Crippen LogP contribution in [0.3, 0.4) is 0 Å². The summed E-state index contributed by atoms with van der Waals surface area (Å²) in [5.41, 5.74) is 10.3. The monoisotopic (exact) mass is 174 g/mol. The van der Waals surface area contributed by atoms with Crippen molar-refractivity contribution in [1.29, 1.82) is 0 Å². The number of rotatable bonds is 5. The van der Waals surface area contributed by atoms with Crippen molar-refractivity contribution in [2.75, 3.05) is 6.54 Å². The standard InChI is InChI=1S/C6H14N4O2/c7-4-6(10-4)9-2-1-3(11)5(8)12/h3-4,6,9-11H,1-2,7H2,(H2,8,12)/t3-,4?,6?/m0/s1. The summed E-state index contributed by atoms with van der Waals surface area (Å²) >= 11 is 0. The topological polar surface area (TPSA) is 123 Å². The van der Waals surface area contributed by atoms with Crippen LogP contribution in [0.15, 0.2) is 0 Å². The summed E-state index contributed by atoms with van der Waals surface area (Å²) in [5, 5.41) is 14.9. The average molecular weight is 174 g/mol. The van der Waals surface area contributed by atoms with Crippen molar-refractivity contribution in [2.24, 2.45) is 11.5 Å². The zero-order chi connectivity index (χ0) is 9.14. The molecule has 1 amide bonds.